The number of hydrogen-bond acceptors (Lipinski definition) is 5. The second-order valence-electron chi connectivity index (χ2n) is 12.3. The van der Waals surface area contributed by atoms with Crippen LogP contribution in [-0.4, -0.2) is 53.9 Å². The summed E-state index contributed by atoms with van der Waals surface area (Å²) in [5.74, 6) is 1.26. The first-order chi connectivity index (χ1) is 21.7. The summed E-state index contributed by atoms with van der Waals surface area (Å²) in [6.07, 6.45) is -0.820. The monoisotopic (exact) mass is 616 g/mol. The standard InChI is InChI=1S/C35H35F3N4O3/c1-40-17-13-27(14-18-40)45-30-20-24(29-21-31(35(36,37)38)39-42(29)25-7-4-3-5-8-25)19-28-32(30)41(33(43)34(28)15-6-16-34)22-23-9-11-26(44-2)12-10-23/h3-5,7-12,19-21,27H,6,13-18,22H2,1-2H3. The number of carbonyl (C=O) groups is 1. The number of fused-ring (bicyclic) bond motifs is 2. The van der Waals surface area contributed by atoms with Crippen molar-refractivity contribution >= 4 is 11.6 Å². The zero-order valence-electron chi connectivity index (χ0n) is 25.3. The van der Waals surface area contributed by atoms with Crippen LogP contribution in [0.3, 0.4) is 0 Å². The van der Waals surface area contributed by atoms with E-state index in [2.05, 4.69) is 17.0 Å². The van der Waals surface area contributed by atoms with Crippen molar-refractivity contribution in [2.75, 3.05) is 32.1 Å². The lowest BCUT2D eigenvalue weighted by molar-refractivity contribution is -0.141. The van der Waals surface area contributed by atoms with Gasteiger partial charge in [0.15, 0.2) is 5.69 Å². The molecule has 2 aliphatic heterocycles. The average Bonchev–Trinajstić information content (AvgIpc) is 3.58. The van der Waals surface area contributed by atoms with Crippen LogP contribution in [0.2, 0.25) is 0 Å². The fraction of sp³-hybridized carbons (Fsp3) is 0.371. The van der Waals surface area contributed by atoms with Gasteiger partial charge < -0.3 is 19.3 Å². The van der Waals surface area contributed by atoms with E-state index >= 15 is 0 Å². The van der Waals surface area contributed by atoms with Gasteiger partial charge in [0.1, 0.15) is 17.6 Å². The van der Waals surface area contributed by atoms with E-state index in [1.165, 1.54) is 4.68 Å². The number of halogens is 3. The number of amides is 1. The Labute approximate surface area is 260 Å². The zero-order valence-corrected chi connectivity index (χ0v) is 25.3. The highest BCUT2D eigenvalue weighted by molar-refractivity contribution is 6.10. The normalized spacial score (nSPS) is 18.2. The average molecular weight is 617 g/mol. The molecule has 10 heteroatoms. The first kappa shape index (κ1) is 29.4. The van der Waals surface area contributed by atoms with Gasteiger partial charge in [-0.1, -0.05) is 36.8 Å². The Morgan fingerprint density at radius 2 is 1.69 bits per heavy atom. The van der Waals surface area contributed by atoms with E-state index in [1.54, 1.807) is 37.4 Å². The van der Waals surface area contributed by atoms with Crippen molar-refractivity contribution in [1.29, 1.82) is 0 Å². The minimum atomic E-state index is -4.63. The van der Waals surface area contributed by atoms with Crippen LogP contribution in [0.5, 0.6) is 11.5 Å². The highest BCUT2D eigenvalue weighted by Gasteiger charge is 2.56. The summed E-state index contributed by atoms with van der Waals surface area (Å²) in [5, 5.41) is 4.00. The number of hydrogen-bond donors (Lipinski definition) is 0. The molecular formula is C35H35F3N4O3. The maximum absolute atomic E-state index is 14.3. The molecule has 0 unspecified atom stereocenters. The third-order valence-corrected chi connectivity index (χ3v) is 9.48. The van der Waals surface area contributed by atoms with E-state index in [1.807, 2.05) is 41.3 Å². The topological polar surface area (TPSA) is 59.8 Å². The summed E-state index contributed by atoms with van der Waals surface area (Å²) < 4.78 is 55.5. The third-order valence-electron chi connectivity index (χ3n) is 9.48. The second-order valence-corrected chi connectivity index (χ2v) is 12.3. The summed E-state index contributed by atoms with van der Waals surface area (Å²) in [7, 11) is 3.69. The first-order valence-corrected chi connectivity index (χ1v) is 15.4. The molecule has 1 amide bonds. The van der Waals surface area contributed by atoms with Gasteiger partial charge in [0, 0.05) is 18.7 Å². The Hall–Kier alpha value is -4.31. The van der Waals surface area contributed by atoms with Gasteiger partial charge in [-0.3, -0.25) is 4.79 Å². The van der Waals surface area contributed by atoms with Crippen molar-refractivity contribution in [1.82, 2.24) is 14.7 Å². The van der Waals surface area contributed by atoms with Crippen molar-refractivity contribution < 1.29 is 27.4 Å². The molecule has 234 valence electrons. The lowest BCUT2D eigenvalue weighted by Gasteiger charge is -2.37. The van der Waals surface area contributed by atoms with E-state index in [0.717, 1.165) is 61.0 Å². The minimum Gasteiger partial charge on any atom is -0.497 e. The minimum absolute atomic E-state index is 0.0116. The van der Waals surface area contributed by atoms with Gasteiger partial charge in [0.2, 0.25) is 5.91 Å². The number of rotatable bonds is 7. The molecule has 45 heavy (non-hydrogen) atoms. The van der Waals surface area contributed by atoms with Gasteiger partial charge in [-0.25, -0.2) is 4.68 Å². The molecule has 0 atom stereocenters. The predicted octanol–water partition coefficient (Wildman–Crippen LogP) is 7.01. The van der Waals surface area contributed by atoms with E-state index in [4.69, 9.17) is 9.47 Å². The fourth-order valence-corrected chi connectivity index (χ4v) is 6.82. The highest BCUT2D eigenvalue weighted by atomic mass is 19.4. The van der Waals surface area contributed by atoms with Gasteiger partial charge in [-0.05, 0) is 86.3 Å². The number of para-hydroxylation sites is 1. The van der Waals surface area contributed by atoms with Gasteiger partial charge >= 0.3 is 6.18 Å². The van der Waals surface area contributed by atoms with E-state index in [-0.39, 0.29) is 12.0 Å². The number of likely N-dealkylation sites (tertiary alicyclic amines) is 1. The van der Waals surface area contributed by atoms with Gasteiger partial charge in [-0.15, -0.1) is 0 Å². The van der Waals surface area contributed by atoms with Crippen LogP contribution in [0.4, 0.5) is 18.9 Å². The maximum Gasteiger partial charge on any atom is 0.435 e. The maximum atomic E-state index is 14.3. The lowest BCUT2D eigenvalue weighted by Crippen LogP contribution is -2.44. The summed E-state index contributed by atoms with van der Waals surface area (Å²) in [4.78, 5) is 18.4. The predicted molar refractivity (Wildman–Crippen MR) is 165 cm³/mol. The summed E-state index contributed by atoms with van der Waals surface area (Å²) in [6.45, 7) is 2.10. The van der Waals surface area contributed by atoms with Crippen LogP contribution in [0.15, 0.2) is 72.8 Å². The molecule has 3 aliphatic rings. The smallest absolute Gasteiger partial charge is 0.435 e. The van der Waals surface area contributed by atoms with Crippen LogP contribution in [-0.2, 0) is 22.9 Å². The molecule has 0 bridgehead atoms. The molecule has 1 saturated heterocycles. The summed E-state index contributed by atoms with van der Waals surface area (Å²) >= 11 is 0. The molecule has 1 aromatic heterocycles. The molecular weight excluding hydrogens is 581 g/mol. The number of benzene rings is 3. The Bertz CT molecular complexity index is 1710. The number of methoxy groups -OCH3 is 1. The van der Waals surface area contributed by atoms with E-state index in [9.17, 15) is 18.0 Å². The van der Waals surface area contributed by atoms with Crippen molar-refractivity contribution in [3.8, 4) is 28.4 Å². The number of piperidine rings is 1. The van der Waals surface area contributed by atoms with Crippen LogP contribution >= 0.6 is 0 Å². The number of carbonyl (C=O) groups excluding carboxylic acids is 1. The highest BCUT2D eigenvalue weighted by Crippen LogP contribution is 2.58. The van der Waals surface area contributed by atoms with Crippen molar-refractivity contribution in [2.24, 2.45) is 0 Å². The van der Waals surface area contributed by atoms with Crippen molar-refractivity contribution in [2.45, 2.75) is 56.3 Å². The van der Waals surface area contributed by atoms with Crippen LogP contribution in [0.1, 0.15) is 48.9 Å². The Balaban J connectivity index is 1.39. The molecule has 1 aliphatic carbocycles. The van der Waals surface area contributed by atoms with Crippen LogP contribution < -0.4 is 14.4 Å². The number of ether oxygens (including phenoxy) is 2. The van der Waals surface area contributed by atoms with Gasteiger partial charge in [0.25, 0.3) is 0 Å². The van der Waals surface area contributed by atoms with Crippen molar-refractivity contribution in [3.05, 3.63) is 89.6 Å². The van der Waals surface area contributed by atoms with Gasteiger partial charge in [-0.2, -0.15) is 18.3 Å². The largest absolute Gasteiger partial charge is 0.497 e. The number of aromatic nitrogens is 2. The summed E-state index contributed by atoms with van der Waals surface area (Å²) in [5.41, 5.74) is 2.12. The molecule has 1 spiro atoms. The number of nitrogens with zero attached hydrogens (tertiary/aromatic N) is 4. The third kappa shape index (κ3) is 5.24. The van der Waals surface area contributed by atoms with E-state index < -0.39 is 17.3 Å². The second kappa shape index (κ2) is 11.2. The summed E-state index contributed by atoms with van der Waals surface area (Å²) in [6, 6.07) is 21.2. The molecule has 7 rings (SSSR count). The fourth-order valence-electron chi connectivity index (χ4n) is 6.82. The molecule has 0 radical (unpaired) electrons. The quantitative estimate of drug-likeness (QED) is 0.224. The molecule has 1 saturated carbocycles. The van der Waals surface area contributed by atoms with Gasteiger partial charge in [0.05, 0.1) is 36.1 Å². The number of alkyl halides is 3. The SMILES string of the molecule is COc1ccc(CN2C(=O)C3(CCC3)c3cc(-c4cc(C(F)(F)F)nn4-c4ccccc4)cc(OC4CCN(C)CC4)c32)cc1. The Kier molecular flexibility index (Phi) is 7.35. The number of anilines is 1. The Morgan fingerprint density at radius 3 is 2.31 bits per heavy atom. The molecule has 0 N–H and O–H groups in total. The molecule has 7 nitrogen and oxygen atoms in total. The molecule has 3 heterocycles. The van der Waals surface area contributed by atoms with Crippen molar-refractivity contribution in [3.63, 3.8) is 0 Å². The molecule has 4 aromatic rings. The van der Waals surface area contributed by atoms with E-state index in [0.29, 0.717) is 42.1 Å². The van der Waals surface area contributed by atoms with Crippen LogP contribution in [0.25, 0.3) is 16.9 Å². The van der Waals surface area contributed by atoms with Crippen LogP contribution in [0, 0.1) is 0 Å². The molecule has 2 fully saturated rings. The Morgan fingerprint density at radius 1 is 0.978 bits per heavy atom. The lowest BCUT2D eigenvalue weighted by atomic mass is 9.65. The zero-order chi connectivity index (χ0) is 31.3. The molecule has 3 aromatic carbocycles. The first-order valence-electron chi connectivity index (χ1n) is 15.4.